The van der Waals surface area contributed by atoms with Gasteiger partial charge in [0, 0.05) is 19.2 Å². The maximum Gasteiger partial charge on any atom is 0.249 e. The van der Waals surface area contributed by atoms with Crippen molar-refractivity contribution in [2.24, 2.45) is 0 Å². The van der Waals surface area contributed by atoms with Crippen LogP contribution in [-0.2, 0) is 11.2 Å². The number of carbonyl (C=O) groups is 1. The van der Waals surface area contributed by atoms with E-state index in [1.54, 1.807) is 33.0 Å². The Balaban J connectivity index is 1.99. The van der Waals surface area contributed by atoms with Gasteiger partial charge in [0.1, 0.15) is 29.5 Å². The van der Waals surface area contributed by atoms with Gasteiger partial charge in [0.25, 0.3) is 0 Å². The van der Waals surface area contributed by atoms with Gasteiger partial charge in [-0.3, -0.25) is 4.79 Å². The highest BCUT2D eigenvalue weighted by atomic mass is 35.5. The smallest absolute Gasteiger partial charge is 0.249 e. The number of aromatic hydroxyl groups is 1. The maximum atomic E-state index is 13.4. The van der Waals surface area contributed by atoms with Gasteiger partial charge in [0.2, 0.25) is 5.91 Å². The Morgan fingerprint density at radius 2 is 1.84 bits per heavy atom. The number of hydrogen-bond donors (Lipinski definition) is 2. The van der Waals surface area contributed by atoms with E-state index in [1.807, 2.05) is 0 Å². The van der Waals surface area contributed by atoms with Gasteiger partial charge in [-0.25, -0.2) is 9.37 Å². The van der Waals surface area contributed by atoms with Crippen LogP contribution in [0.3, 0.4) is 0 Å². The van der Waals surface area contributed by atoms with Crippen LogP contribution in [0.1, 0.15) is 22.4 Å². The van der Waals surface area contributed by atoms with E-state index in [2.05, 4.69) is 16.4 Å². The lowest BCUT2D eigenvalue weighted by atomic mass is 10.0. The van der Waals surface area contributed by atoms with Gasteiger partial charge in [-0.1, -0.05) is 23.7 Å². The van der Waals surface area contributed by atoms with Gasteiger partial charge >= 0.3 is 0 Å². The molecule has 0 fully saturated rings. The van der Waals surface area contributed by atoms with E-state index in [0.29, 0.717) is 22.0 Å². The predicted octanol–water partition coefficient (Wildman–Crippen LogP) is 4.75. The number of phenolic OH excluding ortho intramolecular Hbond substituents is 1. The number of pyridine rings is 1. The molecule has 0 aliphatic rings. The first-order chi connectivity index (χ1) is 15.2. The number of nitrogens with zero attached hydrogens (tertiary/aromatic N) is 3. The third-order valence-corrected chi connectivity index (χ3v) is 5.74. The molecule has 6 nitrogen and oxygen atoms in total. The van der Waals surface area contributed by atoms with Crippen molar-refractivity contribution in [2.75, 3.05) is 17.3 Å². The van der Waals surface area contributed by atoms with Crippen LogP contribution < -0.4 is 10.2 Å². The van der Waals surface area contributed by atoms with Crippen molar-refractivity contribution in [2.45, 2.75) is 26.3 Å². The van der Waals surface area contributed by atoms with Crippen LogP contribution in [0, 0.1) is 31.0 Å². The second kappa shape index (κ2) is 9.67. The fourth-order valence-electron chi connectivity index (χ4n) is 3.33. The summed E-state index contributed by atoms with van der Waals surface area (Å²) in [5.74, 6) is -0.328. The van der Waals surface area contributed by atoms with E-state index in [9.17, 15) is 19.6 Å². The molecule has 1 heterocycles. The molecule has 0 saturated heterocycles. The van der Waals surface area contributed by atoms with E-state index in [4.69, 9.17) is 11.6 Å². The van der Waals surface area contributed by atoms with Gasteiger partial charge in [-0.05, 0) is 61.4 Å². The summed E-state index contributed by atoms with van der Waals surface area (Å²) in [6.07, 6.45) is 0.262. The van der Waals surface area contributed by atoms with Crippen molar-refractivity contribution in [3.63, 3.8) is 0 Å². The largest absolute Gasteiger partial charge is 0.508 e. The standard InChI is InChI=1S/C24H22ClFN4O2/c1-14-20(13-27)23(28-15(2)22(14)25)29-21(12-16-4-10-19(31)11-5-16)24(32)30(3)18-8-6-17(26)7-9-18/h4-11,21,31H,12H2,1-3H3,(H,28,29)/t21-/m1/s1. The zero-order valence-electron chi connectivity index (χ0n) is 17.9. The minimum Gasteiger partial charge on any atom is -0.508 e. The Morgan fingerprint density at radius 1 is 1.22 bits per heavy atom. The van der Waals surface area contributed by atoms with Crippen molar-refractivity contribution < 1.29 is 14.3 Å². The van der Waals surface area contributed by atoms with Gasteiger partial charge in [0.15, 0.2) is 0 Å². The molecule has 0 aliphatic heterocycles. The zero-order valence-corrected chi connectivity index (χ0v) is 18.6. The molecule has 0 unspecified atom stereocenters. The second-order valence-corrected chi connectivity index (χ2v) is 7.79. The van der Waals surface area contributed by atoms with Crippen LogP contribution in [0.15, 0.2) is 48.5 Å². The van der Waals surface area contributed by atoms with E-state index in [-0.39, 0.29) is 29.5 Å². The van der Waals surface area contributed by atoms with Gasteiger partial charge in [-0.2, -0.15) is 5.26 Å². The number of benzene rings is 2. The number of rotatable bonds is 6. The van der Waals surface area contributed by atoms with Crippen molar-refractivity contribution in [1.29, 1.82) is 5.26 Å². The Bertz CT molecular complexity index is 1170. The maximum absolute atomic E-state index is 13.4. The van der Waals surface area contributed by atoms with Crippen molar-refractivity contribution in [3.8, 4) is 11.8 Å². The molecule has 2 aromatic carbocycles. The number of hydrogen-bond acceptors (Lipinski definition) is 5. The summed E-state index contributed by atoms with van der Waals surface area (Å²) in [6, 6.07) is 13.4. The summed E-state index contributed by atoms with van der Waals surface area (Å²) in [4.78, 5) is 19.2. The van der Waals surface area contributed by atoms with E-state index >= 15 is 0 Å². The predicted molar refractivity (Wildman–Crippen MR) is 122 cm³/mol. The fourth-order valence-corrected chi connectivity index (χ4v) is 3.47. The number of likely N-dealkylation sites (N-methyl/N-ethyl adjacent to an activating group) is 1. The SMILES string of the molecule is Cc1nc(N[C@H](Cc2ccc(O)cc2)C(=O)N(C)c2ccc(F)cc2)c(C#N)c(C)c1Cl. The van der Waals surface area contributed by atoms with Crippen molar-refractivity contribution in [3.05, 3.63) is 81.8 Å². The highest BCUT2D eigenvalue weighted by molar-refractivity contribution is 6.32. The third-order valence-electron chi connectivity index (χ3n) is 5.18. The first-order valence-electron chi connectivity index (χ1n) is 9.85. The number of anilines is 2. The lowest BCUT2D eigenvalue weighted by Gasteiger charge is -2.26. The molecule has 0 saturated carbocycles. The molecule has 1 amide bonds. The van der Waals surface area contributed by atoms with Crippen LogP contribution in [0.4, 0.5) is 15.9 Å². The number of aromatic nitrogens is 1. The summed E-state index contributed by atoms with van der Waals surface area (Å²) in [5, 5.41) is 22.7. The average Bonchev–Trinajstić information content (AvgIpc) is 2.78. The number of aryl methyl sites for hydroxylation is 1. The Hall–Kier alpha value is -3.63. The minimum absolute atomic E-state index is 0.116. The number of carbonyl (C=O) groups excluding carboxylic acids is 1. The molecule has 3 aromatic rings. The molecular weight excluding hydrogens is 431 g/mol. The van der Waals surface area contributed by atoms with E-state index < -0.39 is 11.9 Å². The average molecular weight is 453 g/mol. The molecular formula is C24H22ClFN4O2. The number of amides is 1. The Morgan fingerprint density at radius 3 is 2.44 bits per heavy atom. The summed E-state index contributed by atoms with van der Waals surface area (Å²) in [7, 11) is 1.60. The summed E-state index contributed by atoms with van der Waals surface area (Å²) < 4.78 is 13.3. The molecule has 3 rings (SSSR count). The molecule has 0 spiro atoms. The Kier molecular flexibility index (Phi) is 6.96. The van der Waals surface area contributed by atoms with Crippen LogP contribution in [0.2, 0.25) is 5.02 Å². The molecule has 0 aliphatic carbocycles. The number of nitriles is 1. The van der Waals surface area contributed by atoms with Crippen LogP contribution in [0.5, 0.6) is 5.75 Å². The molecule has 2 N–H and O–H groups in total. The van der Waals surface area contributed by atoms with Gasteiger partial charge in [-0.15, -0.1) is 0 Å². The van der Waals surface area contributed by atoms with Crippen molar-refractivity contribution >= 4 is 29.0 Å². The molecule has 0 radical (unpaired) electrons. The highest BCUT2D eigenvalue weighted by Crippen LogP contribution is 2.28. The first kappa shape index (κ1) is 23.0. The van der Waals surface area contributed by atoms with Crippen LogP contribution in [0.25, 0.3) is 0 Å². The molecule has 32 heavy (non-hydrogen) atoms. The summed E-state index contributed by atoms with van der Waals surface area (Å²) >= 11 is 6.25. The number of halogens is 2. The van der Waals surface area contributed by atoms with Gasteiger partial charge < -0.3 is 15.3 Å². The normalized spacial score (nSPS) is 11.5. The van der Waals surface area contributed by atoms with E-state index in [1.165, 1.54) is 41.3 Å². The monoisotopic (exact) mass is 452 g/mol. The lowest BCUT2D eigenvalue weighted by Crippen LogP contribution is -2.42. The molecule has 1 aromatic heterocycles. The Labute approximate surface area is 190 Å². The quantitative estimate of drug-likeness (QED) is 0.563. The van der Waals surface area contributed by atoms with Crippen LogP contribution in [-0.4, -0.2) is 29.1 Å². The number of nitrogens with one attached hydrogen (secondary N) is 1. The topological polar surface area (TPSA) is 89.2 Å². The summed E-state index contributed by atoms with van der Waals surface area (Å²) in [6.45, 7) is 3.45. The minimum atomic E-state index is -0.797. The van der Waals surface area contributed by atoms with Crippen molar-refractivity contribution in [1.82, 2.24) is 4.98 Å². The molecule has 8 heteroatoms. The fraction of sp³-hybridized carbons (Fsp3) is 0.208. The molecule has 164 valence electrons. The number of phenols is 1. The highest BCUT2D eigenvalue weighted by Gasteiger charge is 2.26. The summed E-state index contributed by atoms with van der Waals surface area (Å²) in [5.41, 5.74) is 2.68. The second-order valence-electron chi connectivity index (χ2n) is 7.41. The first-order valence-corrected chi connectivity index (χ1v) is 10.2. The van der Waals surface area contributed by atoms with E-state index in [0.717, 1.165) is 5.56 Å². The molecule has 1 atom stereocenters. The molecule has 0 bridgehead atoms. The van der Waals surface area contributed by atoms with Gasteiger partial charge in [0.05, 0.1) is 16.3 Å². The lowest BCUT2D eigenvalue weighted by molar-refractivity contribution is -0.119. The third kappa shape index (κ3) is 4.98. The van der Waals surface area contributed by atoms with Crippen LogP contribution >= 0.6 is 11.6 Å². The zero-order chi connectivity index (χ0) is 23.4.